The standard InChI is InChI=1S/C21H41N11O6S/c1-39-9-6-13(19(37)38)31-18(36)14(10-15(23)33)32-17(35)12(5-3-8-29-21(26)27)30-16(34)11(22)4-2-7-28-20(24)25/h11-14H,2-10,22H2,1H3,(H2,23,33)(H,30,34)(H,31,36)(H,32,35)(H,37,38)(H4,24,25,28)(H4,26,27,29). The number of carboxylic acid groups (broad SMARTS) is 1. The van der Waals surface area contributed by atoms with Crippen molar-refractivity contribution in [3.8, 4) is 0 Å². The Balaban J connectivity index is 5.56. The van der Waals surface area contributed by atoms with Crippen LogP contribution in [0.5, 0.6) is 0 Å². The van der Waals surface area contributed by atoms with Crippen LogP contribution in [0, 0.1) is 0 Å². The van der Waals surface area contributed by atoms with E-state index in [1.807, 2.05) is 0 Å². The van der Waals surface area contributed by atoms with Gasteiger partial charge in [0.15, 0.2) is 11.9 Å². The smallest absolute Gasteiger partial charge is 0.326 e. The van der Waals surface area contributed by atoms with E-state index in [4.69, 9.17) is 34.4 Å². The Morgan fingerprint density at radius 1 is 0.744 bits per heavy atom. The second kappa shape index (κ2) is 19.3. The van der Waals surface area contributed by atoms with Crippen LogP contribution in [0.2, 0.25) is 0 Å². The van der Waals surface area contributed by atoms with Gasteiger partial charge in [-0.15, -0.1) is 0 Å². The predicted molar refractivity (Wildman–Crippen MR) is 148 cm³/mol. The van der Waals surface area contributed by atoms with Crippen LogP contribution in [0.4, 0.5) is 0 Å². The number of rotatable bonds is 20. The van der Waals surface area contributed by atoms with Crippen LogP contribution < -0.4 is 50.4 Å². The second-order valence-corrected chi connectivity index (χ2v) is 9.46. The monoisotopic (exact) mass is 575 g/mol. The quantitative estimate of drug-likeness (QED) is 0.0373. The fraction of sp³-hybridized carbons (Fsp3) is 0.667. The minimum absolute atomic E-state index is 0.0471. The van der Waals surface area contributed by atoms with Gasteiger partial charge >= 0.3 is 5.97 Å². The Bertz CT molecular complexity index is 894. The minimum Gasteiger partial charge on any atom is -0.480 e. The number of aliphatic carboxylic acids is 1. The molecule has 0 radical (unpaired) electrons. The number of primary amides is 1. The lowest BCUT2D eigenvalue weighted by Crippen LogP contribution is -2.57. The molecule has 0 spiro atoms. The van der Waals surface area contributed by atoms with E-state index in [-0.39, 0.29) is 50.7 Å². The van der Waals surface area contributed by atoms with Crippen LogP contribution in [0.3, 0.4) is 0 Å². The molecule has 0 saturated heterocycles. The molecule has 0 rings (SSSR count). The van der Waals surface area contributed by atoms with Crippen molar-refractivity contribution < 1.29 is 29.1 Å². The number of hydrogen-bond acceptors (Lipinski definition) is 9. The summed E-state index contributed by atoms with van der Waals surface area (Å²) in [5, 5.41) is 16.6. The average molecular weight is 576 g/mol. The van der Waals surface area contributed by atoms with Crippen molar-refractivity contribution in [2.75, 3.05) is 25.1 Å². The molecule has 0 heterocycles. The first kappa shape index (κ1) is 35.2. The number of amides is 4. The van der Waals surface area contributed by atoms with E-state index >= 15 is 0 Å². The lowest BCUT2D eigenvalue weighted by Gasteiger charge is -2.24. The normalized spacial score (nSPS) is 13.6. The Hall–Kier alpha value is -3.80. The number of carbonyl (C=O) groups is 5. The van der Waals surface area contributed by atoms with Crippen LogP contribution in [0.25, 0.3) is 0 Å². The van der Waals surface area contributed by atoms with Crippen molar-refractivity contribution in [3.63, 3.8) is 0 Å². The SMILES string of the molecule is CSCCC(NC(=O)C(CC(N)=O)NC(=O)C(CCCN=C(N)N)NC(=O)C(N)CCCN=C(N)N)C(=O)O. The highest BCUT2D eigenvalue weighted by molar-refractivity contribution is 7.98. The largest absolute Gasteiger partial charge is 0.480 e. The molecule has 0 aliphatic heterocycles. The molecule has 0 aromatic rings. The highest BCUT2D eigenvalue weighted by atomic mass is 32.2. The van der Waals surface area contributed by atoms with Gasteiger partial charge < -0.3 is 55.5 Å². The first-order valence-corrected chi connectivity index (χ1v) is 13.4. The predicted octanol–water partition coefficient (Wildman–Crippen LogP) is -4.41. The van der Waals surface area contributed by atoms with Crippen molar-refractivity contribution in [1.82, 2.24) is 16.0 Å². The number of hydrogen-bond donors (Lipinski definition) is 10. The van der Waals surface area contributed by atoms with E-state index in [1.165, 1.54) is 11.8 Å². The summed E-state index contributed by atoms with van der Waals surface area (Å²) in [6.07, 6.45) is 2.20. The molecule has 16 N–H and O–H groups in total. The third kappa shape index (κ3) is 16.6. The summed E-state index contributed by atoms with van der Waals surface area (Å²) in [7, 11) is 0. The topological polar surface area (TPSA) is 323 Å². The van der Waals surface area contributed by atoms with E-state index < -0.39 is 60.2 Å². The lowest BCUT2D eigenvalue weighted by atomic mass is 10.1. The Morgan fingerprint density at radius 2 is 1.23 bits per heavy atom. The lowest BCUT2D eigenvalue weighted by molar-refractivity contribution is -0.142. The minimum atomic E-state index is -1.49. The zero-order valence-corrected chi connectivity index (χ0v) is 22.7. The Labute approximate surface area is 230 Å². The summed E-state index contributed by atoms with van der Waals surface area (Å²) in [4.78, 5) is 69.3. The summed E-state index contributed by atoms with van der Waals surface area (Å²) in [6.45, 7) is 0.400. The highest BCUT2D eigenvalue weighted by Crippen LogP contribution is 2.06. The summed E-state index contributed by atoms with van der Waals surface area (Å²) < 4.78 is 0. The number of nitrogens with one attached hydrogen (secondary N) is 3. The first-order chi connectivity index (χ1) is 18.3. The van der Waals surface area contributed by atoms with Crippen molar-refractivity contribution in [2.24, 2.45) is 44.4 Å². The van der Waals surface area contributed by atoms with Crippen LogP contribution in [-0.4, -0.2) is 95.9 Å². The van der Waals surface area contributed by atoms with Gasteiger partial charge in [0, 0.05) is 13.1 Å². The van der Waals surface area contributed by atoms with Crippen LogP contribution in [0.15, 0.2) is 9.98 Å². The molecule has 4 amide bonds. The van der Waals surface area contributed by atoms with Crippen LogP contribution in [0.1, 0.15) is 38.5 Å². The highest BCUT2D eigenvalue weighted by Gasteiger charge is 2.31. The molecule has 222 valence electrons. The summed E-state index contributed by atoms with van der Waals surface area (Å²) in [6, 6.07) is -4.92. The van der Waals surface area contributed by atoms with Crippen molar-refractivity contribution in [1.29, 1.82) is 0 Å². The summed E-state index contributed by atoms with van der Waals surface area (Å²) in [5.41, 5.74) is 32.3. The zero-order valence-electron chi connectivity index (χ0n) is 21.9. The molecule has 0 aromatic heterocycles. The first-order valence-electron chi connectivity index (χ1n) is 12.1. The number of nitrogens with zero attached hydrogens (tertiary/aromatic N) is 2. The summed E-state index contributed by atoms with van der Waals surface area (Å²) in [5.74, 6) is -4.39. The molecule has 18 heteroatoms. The number of carbonyl (C=O) groups excluding carboxylic acids is 4. The molecule has 4 atom stereocenters. The maximum Gasteiger partial charge on any atom is 0.326 e. The molecule has 0 bridgehead atoms. The van der Waals surface area contributed by atoms with E-state index in [9.17, 15) is 29.1 Å². The number of guanidine groups is 2. The fourth-order valence-electron chi connectivity index (χ4n) is 3.15. The van der Waals surface area contributed by atoms with Gasteiger partial charge in [-0.2, -0.15) is 11.8 Å². The van der Waals surface area contributed by atoms with Crippen LogP contribution in [-0.2, 0) is 24.0 Å². The Morgan fingerprint density at radius 3 is 1.72 bits per heavy atom. The average Bonchev–Trinajstić information content (AvgIpc) is 2.84. The number of carboxylic acids is 1. The zero-order chi connectivity index (χ0) is 30.0. The van der Waals surface area contributed by atoms with Gasteiger partial charge in [0.25, 0.3) is 0 Å². The third-order valence-corrected chi connectivity index (χ3v) is 5.79. The number of aliphatic imine (C=N–C) groups is 2. The molecular formula is C21H41N11O6S. The van der Waals surface area contributed by atoms with E-state index in [0.717, 1.165) is 0 Å². The molecule has 0 aliphatic rings. The third-order valence-electron chi connectivity index (χ3n) is 5.15. The van der Waals surface area contributed by atoms with Gasteiger partial charge in [-0.3, -0.25) is 29.2 Å². The van der Waals surface area contributed by atoms with Gasteiger partial charge in [0.2, 0.25) is 23.6 Å². The fourth-order valence-corrected chi connectivity index (χ4v) is 3.62. The summed E-state index contributed by atoms with van der Waals surface area (Å²) >= 11 is 1.38. The molecular weight excluding hydrogens is 534 g/mol. The molecule has 0 fully saturated rings. The van der Waals surface area contributed by atoms with E-state index in [2.05, 4.69) is 25.9 Å². The van der Waals surface area contributed by atoms with E-state index in [1.54, 1.807) is 6.26 Å². The van der Waals surface area contributed by atoms with Crippen molar-refractivity contribution in [2.45, 2.75) is 62.7 Å². The molecule has 39 heavy (non-hydrogen) atoms. The van der Waals surface area contributed by atoms with E-state index in [0.29, 0.717) is 12.2 Å². The Kier molecular flexibility index (Phi) is 17.4. The van der Waals surface area contributed by atoms with Gasteiger partial charge in [0.05, 0.1) is 12.5 Å². The second-order valence-electron chi connectivity index (χ2n) is 8.48. The number of thioether (sulfide) groups is 1. The maximum absolute atomic E-state index is 13.1. The van der Waals surface area contributed by atoms with Gasteiger partial charge in [-0.05, 0) is 44.1 Å². The van der Waals surface area contributed by atoms with Crippen molar-refractivity contribution >= 4 is 53.3 Å². The number of nitrogens with two attached hydrogens (primary N) is 6. The van der Waals surface area contributed by atoms with Gasteiger partial charge in [0.1, 0.15) is 18.1 Å². The molecule has 0 aliphatic carbocycles. The van der Waals surface area contributed by atoms with Gasteiger partial charge in [-0.25, -0.2) is 4.79 Å². The maximum atomic E-state index is 13.1. The molecule has 0 saturated carbocycles. The molecule has 4 unspecified atom stereocenters. The van der Waals surface area contributed by atoms with Gasteiger partial charge in [-0.1, -0.05) is 0 Å². The van der Waals surface area contributed by atoms with Crippen molar-refractivity contribution in [3.05, 3.63) is 0 Å². The molecule has 0 aromatic carbocycles. The van der Waals surface area contributed by atoms with Crippen LogP contribution >= 0.6 is 11.8 Å². The molecule has 17 nitrogen and oxygen atoms in total.